The molecule has 0 spiro atoms. The van der Waals surface area contributed by atoms with Crippen molar-refractivity contribution in [3.05, 3.63) is 24.2 Å². The highest BCUT2D eigenvalue weighted by Crippen LogP contribution is 2.38. The summed E-state index contributed by atoms with van der Waals surface area (Å²) in [5.74, 6) is -0.940. The Kier molecular flexibility index (Phi) is 4.99. The first kappa shape index (κ1) is 17.7. The number of Topliss-reactive ketones (excluding diaryl/α,β-unsaturated/α-hetero) is 1. The molecule has 1 aromatic rings. The van der Waals surface area contributed by atoms with Crippen LogP contribution in [-0.2, 0) is 20.8 Å². The molecule has 1 fully saturated rings. The van der Waals surface area contributed by atoms with Crippen molar-refractivity contribution in [3.8, 4) is 0 Å². The van der Waals surface area contributed by atoms with E-state index in [1.807, 2.05) is 0 Å². The number of carbonyl (C=O) groups is 2. The lowest BCUT2D eigenvalue weighted by atomic mass is 9.82. The number of piperidine rings is 1. The van der Waals surface area contributed by atoms with Gasteiger partial charge in [0, 0.05) is 6.42 Å². The highest BCUT2D eigenvalue weighted by molar-refractivity contribution is 5.97. The molecule has 0 bridgehead atoms. The fraction of sp³-hybridized carbons (Fsp3) is 0.667. The first-order valence-corrected chi connectivity index (χ1v) is 8.18. The van der Waals surface area contributed by atoms with E-state index in [0.29, 0.717) is 5.76 Å². The minimum atomic E-state index is -0.838. The van der Waals surface area contributed by atoms with Crippen molar-refractivity contribution in [1.82, 2.24) is 5.06 Å². The Bertz CT molecular complexity index is 544. The van der Waals surface area contributed by atoms with Crippen LogP contribution >= 0.6 is 0 Å². The summed E-state index contributed by atoms with van der Waals surface area (Å²) in [4.78, 5) is 30.3. The van der Waals surface area contributed by atoms with E-state index in [0.717, 1.165) is 19.3 Å². The molecule has 2 heterocycles. The van der Waals surface area contributed by atoms with Gasteiger partial charge in [0.15, 0.2) is 0 Å². The maximum Gasteiger partial charge on any atom is 0.335 e. The fourth-order valence-electron chi connectivity index (χ4n) is 3.40. The van der Waals surface area contributed by atoms with Crippen molar-refractivity contribution in [2.75, 3.05) is 0 Å². The van der Waals surface area contributed by atoms with Crippen LogP contribution in [0, 0.1) is 5.92 Å². The van der Waals surface area contributed by atoms with E-state index in [-0.39, 0.29) is 23.3 Å². The third-order valence-corrected chi connectivity index (χ3v) is 4.62. The SMILES string of the molecule is CC(=O)C(Cc1ccco1)C(=O)ON1C(C)(C)CCCC1(C)C. The third-order valence-electron chi connectivity index (χ3n) is 4.62. The number of hydrogen-bond acceptors (Lipinski definition) is 5. The summed E-state index contributed by atoms with van der Waals surface area (Å²) < 4.78 is 5.26. The highest BCUT2D eigenvalue weighted by Gasteiger charge is 2.45. The molecule has 1 aliphatic rings. The van der Waals surface area contributed by atoms with Gasteiger partial charge in [-0.05, 0) is 66.0 Å². The summed E-state index contributed by atoms with van der Waals surface area (Å²) >= 11 is 0. The molecular weight excluding hydrogens is 294 g/mol. The predicted molar refractivity (Wildman–Crippen MR) is 86.5 cm³/mol. The number of ketones is 1. The number of hydrogen-bond donors (Lipinski definition) is 0. The van der Waals surface area contributed by atoms with Crippen LogP contribution in [0.3, 0.4) is 0 Å². The lowest BCUT2D eigenvalue weighted by Gasteiger charge is -2.50. The van der Waals surface area contributed by atoms with Gasteiger partial charge in [0.2, 0.25) is 0 Å². The van der Waals surface area contributed by atoms with Gasteiger partial charge >= 0.3 is 5.97 Å². The van der Waals surface area contributed by atoms with Gasteiger partial charge in [0.05, 0.1) is 17.3 Å². The van der Waals surface area contributed by atoms with E-state index in [2.05, 4.69) is 27.7 Å². The number of nitrogens with zero attached hydrogens (tertiary/aromatic N) is 1. The normalized spacial score (nSPS) is 21.6. The summed E-state index contributed by atoms with van der Waals surface area (Å²) in [6.45, 7) is 9.68. The van der Waals surface area contributed by atoms with Crippen LogP contribution < -0.4 is 0 Å². The van der Waals surface area contributed by atoms with Crippen LogP contribution in [-0.4, -0.2) is 27.9 Å². The second-order valence-corrected chi connectivity index (χ2v) is 7.63. The Morgan fingerprint density at radius 3 is 2.35 bits per heavy atom. The first-order chi connectivity index (χ1) is 10.6. The van der Waals surface area contributed by atoms with Gasteiger partial charge < -0.3 is 9.25 Å². The molecule has 1 unspecified atom stereocenters. The van der Waals surface area contributed by atoms with Gasteiger partial charge in [-0.2, -0.15) is 0 Å². The Hall–Kier alpha value is -1.62. The van der Waals surface area contributed by atoms with Gasteiger partial charge in [-0.3, -0.25) is 4.79 Å². The second-order valence-electron chi connectivity index (χ2n) is 7.63. The Morgan fingerprint density at radius 2 is 1.87 bits per heavy atom. The van der Waals surface area contributed by atoms with Crippen LogP contribution in [0.25, 0.3) is 0 Å². The van der Waals surface area contributed by atoms with Gasteiger partial charge in [-0.25, -0.2) is 4.79 Å². The number of hydroxylamine groups is 2. The third kappa shape index (κ3) is 4.02. The smallest absolute Gasteiger partial charge is 0.335 e. The average Bonchev–Trinajstić information content (AvgIpc) is 2.92. The van der Waals surface area contributed by atoms with E-state index < -0.39 is 11.9 Å². The molecule has 0 radical (unpaired) electrons. The van der Waals surface area contributed by atoms with Crippen molar-refractivity contribution in [2.45, 2.75) is 71.4 Å². The zero-order valence-corrected chi connectivity index (χ0v) is 14.7. The summed E-state index contributed by atoms with van der Waals surface area (Å²) in [5, 5.41) is 1.78. The molecule has 5 nitrogen and oxygen atoms in total. The molecule has 0 aromatic carbocycles. The number of rotatable bonds is 5. The molecule has 0 saturated carbocycles. The quantitative estimate of drug-likeness (QED) is 0.776. The van der Waals surface area contributed by atoms with Crippen LogP contribution in [0.1, 0.15) is 59.6 Å². The second kappa shape index (κ2) is 6.48. The van der Waals surface area contributed by atoms with Gasteiger partial charge in [0.1, 0.15) is 17.5 Å². The monoisotopic (exact) mass is 321 g/mol. The lowest BCUT2D eigenvalue weighted by molar-refractivity contribution is -0.268. The zero-order chi connectivity index (χ0) is 17.3. The molecule has 23 heavy (non-hydrogen) atoms. The molecule has 128 valence electrons. The maximum atomic E-state index is 12.6. The van der Waals surface area contributed by atoms with Crippen molar-refractivity contribution in [1.29, 1.82) is 0 Å². The minimum Gasteiger partial charge on any atom is -0.469 e. The molecule has 1 aromatic heterocycles. The van der Waals surface area contributed by atoms with Crippen molar-refractivity contribution in [3.63, 3.8) is 0 Å². The topological polar surface area (TPSA) is 59.8 Å². The summed E-state index contributed by atoms with van der Waals surface area (Å²) in [6.07, 6.45) is 4.76. The Morgan fingerprint density at radius 1 is 1.26 bits per heavy atom. The van der Waals surface area contributed by atoms with E-state index in [4.69, 9.17) is 9.25 Å². The van der Waals surface area contributed by atoms with E-state index in [1.54, 1.807) is 17.2 Å². The molecule has 1 aliphatic heterocycles. The molecule has 0 amide bonds. The van der Waals surface area contributed by atoms with E-state index in [9.17, 15) is 9.59 Å². The molecule has 0 N–H and O–H groups in total. The number of carbonyl (C=O) groups excluding carboxylic acids is 2. The van der Waals surface area contributed by atoms with Crippen LogP contribution in [0.5, 0.6) is 0 Å². The molecule has 0 aliphatic carbocycles. The van der Waals surface area contributed by atoms with E-state index in [1.165, 1.54) is 13.2 Å². The van der Waals surface area contributed by atoms with Crippen LogP contribution in [0.4, 0.5) is 0 Å². The Balaban J connectivity index is 2.15. The standard InChI is InChI=1S/C18H27NO4/c1-13(20)15(12-14-8-6-11-22-14)16(21)23-19-17(2,3)9-7-10-18(19,4)5/h6,8,11,15H,7,9-10,12H2,1-5H3. The first-order valence-electron chi connectivity index (χ1n) is 8.18. The van der Waals surface area contributed by atoms with Crippen molar-refractivity contribution in [2.24, 2.45) is 5.92 Å². The van der Waals surface area contributed by atoms with Crippen molar-refractivity contribution >= 4 is 11.8 Å². The number of furan rings is 1. The predicted octanol–water partition coefficient (Wildman–Crippen LogP) is 3.53. The largest absolute Gasteiger partial charge is 0.469 e. The fourth-order valence-corrected chi connectivity index (χ4v) is 3.40. The lowest BCUT2D eigenvalue weighted by Crippen LogP contribution is -2.59. The Labute approximate surface area is 137 Å². The van der Waals surface area contributed by atoms with Crippen LogP contribution in [0.2, 0.25) is 0 Å². The zero-order valence-electron chi connectivity index (χ0n) is 14.7. The molecule has 5 heteroatoms. The average molecular weight is 321 g/mol. The van der Waals surface area contributed by atoms with Crippen molar-refractivity contribution < 1.29 is 18.8 Å². The minimum absolute atomic E-state index is 0.209. The molecule has 1 atom stereocenters. The maximum absolute atomic E-state index is 12.6. The molecule has 1 saturated heterocycles. The van der Waals surface area contributed by atoms with Gasteiger partial charge in [-0.1, -0.05) is 0 Å². The van der Waals surface area contributed by atoms with Gasteiger partial charge in [0.25, 0.3) is 0 Å². The summed E-state index contributed by atoms with van der Waals surface area (Å²) in [6, 6.07) is 3.51. The molecule has 2 rings (SSSR count). The molecular formula is C18H27NO4. The summed E-state index contributed by atoms with van der Waals surface area (Å²) in [7, 11) is 0. The van der Waals surface area contributed by atoms with Crippen LogP contribution in [0.15, 0.2) is 22.8 Å². The van der Waals surface area contributed by atoms with Gasteiger partial charge in [-0.15, -0.1) is 5.06 Å². The van der Waals surface area contributed by atoms with E-state index >= 15 is 0 Å². The highest BCUT2D eigenvalue weighted by atomic mass is 16.7. The summed E-state index contributed by atoms with van der Waals surface area (Å²) in [5.41, 5.74) is -0.493.